The number of benzene rings is 5. The Balaban J connectivity index is 1.53. The second-order valence-corrected chi connectivity index (χ2v) is 9.72. The molecule has 0 aliphatic heterocycles. The first-order valence-electron chi connectivity index (χ1n) is 12.5. The average molecular weight is 481 g/mol. The molecule has 5 heteroatoms. The Labute approximate surface area is 212 Å². The molecule has 178 valence electrons. The summed E-state index contributed by atoms with van der Waals surface area (Å²) >= 11 is 0. The van der Waals surface area contributed by atoms with Gasteiger partial charge in [0.1, 0.15) is 0 Å². The van der Waals surface area contributed by atoms with Crippen LogP contribution >= 0.6 is 0 Å². The molecular formula is C32H24N4O. The summed E-state index contributed by atoms with van der Waals surface area (Å²) in [6, 6.07) is 36.3. The van der Waals surface area contributed by atoms with E-state index >= 15 is 0 Å². The Morgan fingerprint density at radius 3 is 1.95 bits per heavy atom. The molecule has 0 atom stereocenters. The van der Waals surface area contributed by atoms with Crippen LogP contribution in [0.25, 0.3) is 71.8 Å². The van der Waals surface area contributed by atoms with Gasteiger partial charge in [0.2, 0.25) is 0 Å². The lowest BCUT2D eigenvalue weighted by atomic mass is 10.1. The average Bonchev–Trinajstić information content (AvgIpc) is 3.28. The number of fused-ring (bicyclic) bond motifs is 7. The van der Waals surface area contributed by atoms with Crippen LogP contribution in [0.4, 0.5) is 0 Å². The number of nitrogens with one attached hydrogen (secondary N) is 1. The normalized spacial score (nSPS) is 12.1. The molecule has 0 radical (unpaired) electrons. The summed E-state index contributed by atoms with van der Waals surface area (Å²) in [4.78, 5) is 3.68. The molecule has 8 aromatic rings. The van der Waals surface area contributed by atoms with Crippen LogP contribution < -0.4 is 0 Å². The minimum absolute atomic E-state index is 0.862. The van der Waals surface area contributed by atoms with Gasteiger partial charge in [0.25, 0.3) is 0 Å². The maximum atomic E-state index is 6.31. The number of aromatic nitrogens is 4. The molecule has 0 aliphatic carbocycles. The van der Waals surface area contributed by atoms with E-state index in [1.165, 1.54) is 27.3 Å². The third-order valence-electron chi connectivity index (χ3n) is 7.68. The van der Waals surface area contributed by atoms with Crippen LogP contribution in [0.5, 0.6) is 0 Å². The van der Waals surface area contributed by atoms with E-state index in [9.17, 15) is 0 Å². The fraction of sp³-hybridized carbons (Fsp3) is 0.0625. The lowest BCUT2D eigenvalue weighted by molar-refractivity contribution is 0.650. The summed E-state index contributed by atoms with van der Waals surface area (Å²) in [5.74, 6) is 0. The van der Waals surface area contributed by atoms with Gasteiger partial charge in [-0.05, 0) is 54.6 Å². The summed E-state index contributed by atoms with van der Waals surface area (Å²) < 4.78 is 13.2. The number of aromatic amines is 1. The van der Waals surface area contributed by atoms with Crippen molar-refractivity contribution in [3.63, 3.8) is 0 Å². The molecule has 0 amide bonds. The molecule has 0 saturated heterocycles. The second kappa shape index (κ2) is 7.31. The van der Waals surface area contributed by atoms with Crippen LogP contribution in [-0.2, 0) is 14.1 Å². The van der Waals surface area contributed by atoms with Gasteiger partial charge in [-0.2, -0.15) is 0 Å². The molecule has 37 heavy (non-hydrogen) atoms. The third-order valence-corrected chi connectivity index (χ3v) is 7.68. The van der Waals surface area contributed by atoms with Gasteiger partial charge in [-0.3, -0.25) is 0 Å². The van der Waals surface area contributed by atoms with Gasteiger partial charge < -0.3 is 23.1 Å². The van der Waals surface area contributed by atoms with Crippen molar-refractivity contribution < 1.29 is 4.42 Å². The van der Waals surface area contributed by atoms with Gasteiger partial charge in [-0.25, -0.2) is 0 Å². The zero-order valence-electron chi connectivity index (χ0n) is 20.6. The van der Waals surface area contributed by atoms with E-state index in [0.717, 1.165) is 44.4 Å². The Kier molecular flexibility index (Phi) is 4.01. The quantitative estimate of drug-likeness (QED) is 0.237. The minimum atomic E-state index is 0.862. The van der Waals surface area contributed by atoms with Crippen LogP contribution in [-0.4, -0.2) is 18.7 Å². The van der Waals surface area contributed by atoms with Crippen LogP contribution in [0.2, 0.25) is 0 Å². The molecule has 0 unspecified atom stereocenters. The van der Waals surface area contributed by atoms with E-state index in [-0.39, 0.29) is 0 Å². The van der Waals surface area contributed by atoms with Crippen molar-refractivity contribution in [2.75, 3.05) is 0 Å². The van der Waals surface area contributed by atoms with Gasteiger partial charge in [0, 0.05) is 42.1 Å². The fourth-order valence-electron chi connectivity index (χ4n) is 5.85. The Bertz CT molecular complexity index is 2220. The van der Waals surface area contributed by atoms with E-state index in [0.29, 0.717) is 0 Å². The Hall–Kier alpha value is -4.90. The number of hydrogen-bond acceptors (Lipinski definition) is 1. The van der Waals surface area contributed by atoms with Gasteiger partial charge in [-0.1, -0.05) is 42.5 Å². The van der Waals surface area contributed by atoms with Crippen molar-refractivity contribution in [3.8, 4) is 5.69 Å². The van der Waals surface area contributed by atoms with E-state index in [2.05, 4.69) is 118 Å². The molecular weight excluding hydrogens is 456 g/mol. The summed E-state index contributed by atoms with van der Waals surface area (Å²) in [5, 5.41) is 2.38. The molecule has 0 aliphatic rings. The number of aryl methyl sites for hydroxylation is 2. The van der Waals surface area contributed by atoms with Crippen LogP contribution in [0.3, 0.4) is 0 Å². The first-order valence-corrected chi connectivity index (χ1v) is 12.5. The molecule has 5 aromatic carbocycles. The molecule has 5 nitrogen and oxygen atoms in total. The number of nitrogens with zero attached hydrogens (tertiary/aromatic N) is 3. The van der Waals surface area contributed by atoms with E-state index in [1.807, 2.05) is 18.2 Å². The highest BCUT2D eigenvalue weighted by Gasteiger charge is 2.15. The molecule has 3 aromatic heterocycles. The van der Waals surface area contributed by atoms with Gasteiger partial charge in [0.05, 0.1) is 38.6 Å². The van der Waals surface area contributed by atoms with Crippen LogP contribution in [0.15, 0.2) is 108 Å². The van der Waals surface area contributed by atoms with Gasteiger partial charge in [-0.15, -0.1) is 0 Å². The maximum absolute atomic E-state index is 6.31. The first kappa shape index (κ1) is 20.3. The zero-order valence-corrected chi connectivity index (χ0v) is 20.6. The third kappa shape index (κ3) is 2.79. The summed E-state index contributed by atoms with van der Waals surface area (Å²) in [6.07, 6.45) is 0. The van der Waals surface area contributed by atoms with Crippen LogP contribution in [0, 0.1) is 0 Å². The topological polar surface area (TPSA) is 43.7 Å². The zero-order chi connectivity index (χ0) is 24.7. The summed E-state index contributed by atoms with van der Waals surface area (Å²) in [7, 11) is 4.26. The molecule has 0 bridgehead atoms. The highest BCUT2D eigenvalue weighted by Crippen LogP contribution is 2.35. The molecule has 8 rings (SSSR count). The van der Waals surface area contributed by atoms with Crippen molar-refractivity contribution in [3.05, 3.63) is 103 Å². The maximum Gasteiger partial charge on any atom is 0.153 e. The molecule has 0 spiro atoms. The highest BCUT2D eigenvalue weighted by atomic mass is 16.3. The molecule has 1 N–H and O–H groups in total. The van der Waals surface area contributed by atoms with Crippen LogP contribution in [0.1, 0.15) is 0 Å². The lowest BCUT2D eigenvalue weighted by Gasteiger charge is -2.20. The van der Waals surface area contributed by atoms with E-state index in [1.54, 1.807) is 0 Å². The first-order chi connectivity index (χ1) is 18.2. The van der Waals surface area contributed by atoms with Gasteiger partial charge >= 0.3 is 0 Å². The highest BCUT2D eigenvalue weighted by molar-refractivity contribution is 6.14. The smallest absolute Gasteiger partial charge is 0.153 e. The van der Waals surface area contributed by atoms with Crippen molar-refractivity contribution in [2.24, 2.45) is 14.1 Å². The minimum Gasteiger partial charge on any atom is -0.453 e. The van der Waals surface area contributed by atoms with Crippen molar-refractivity contribution in [1.29, 1.82) is 0 Å². The predicted octanol–water partition coefficient (Wildman–Crippen LogP) is 8.12. The Morgan fingerprint density at radius 2 is 1.14 bits per heavy atom. The Morgan fingerprint density at radius 1 is 0.514 bits per heavy atom. The number of rotatable bonds is 1. The number of para-hydroxylation sites is 5. The van der Waals surface area contributed by atoms with Crippen molar-refractivity contribution >= 4 is 66.1 Å². The van der Waals surface area contributed by atoms with Crippen molar-refractivity contribution in [1.82, 2.24) is 18.7 Å². The SMILES string of the molecule is Cn1c2ccccc2oc2cc3[nH]c4cc5c(cc4c3cc21)n(C)c1ccccc1n5-c1ccccc1. The standard InChI is InChI=1S/C32H24N4O/c1-34-25-12-6-7-13-26(25)36(20-10-4-3-5-11-20)29-18-23-21(16-28(29)34)22-17-30-32(19-24(22)33-23)37-31-15-9-8-14-27(31)35(30)2/h3-19,33H,1-2H3. The second-order valence-electron chi connectivity index (χ2n) is 9.72. The lowest BCUT2D eigenvalue weighted by Crippen LogP contribution is -2.06. The number of hydrogen-bond donors (Lipinski definition) is 1. The predicted molar refractivity (Wildman–Crippen MR) is 153 cm³/mol. The van der Waals surface area contributed by atoms with E-state index in [4.69, 9.17) is 4.42 Å². The fourth-order valence-corrected chi connectivity index (χ4v) is 5.85. The summed E-state index contributed by atoms with van der Waals surface area (Å²) in [5.41, 5.74) is 11.9. The monoisotopic (exact) mass is 480 g/mol. The molecule has 0 saturated carbocycles. The molecule has 3 heterocycles. The number of H-pyrrole nitrogens is 1. The summed E-state index contributed by atoms with van der Waals surface area (Å²) in [6.45, 7) is 0. The largest absolute Gasteiger partial charge is 0.453 e. The van der Waals surface area contributed by atoms with E-state index < -0.39 is 0 Å². The van der Waals surface area contributed by atoms with Gasteiger partial charge in [0.15, 0.2) is 11.2 Å². The van der Waals surface area contributed by atoms with Crippen molar-refractivity contribution in [2.45, 2.75) is 0 Å². The molecule has 0 fully saturated rings.